The summed E-state index contributed by atoms with van der Waals surface area (Å²) in [6.07, 6.45) is 2.71. The van der Waals surface area contributed by atoms with Crippen LogP contribution in [0.2, 0.25) is 0 Å². The third kappa shape index (κ3) is 5.64. The summed E-state index contributed by atoms with van der Waals surface area (Å²) >= 11 is 0. The molecule has 0 spiro atoms. The molecule has 6 rings (SSSR count). The first-order valence-corrected chi connectivity index (χ1v) is 14.1. The molecule has 2 saturated heterocycles. The van der Waals surface area contributed by atoms with Gasteiger partial charge >= 0.3 is 6.18 Å². The average molecular weight is 594 g/mol. The molecule has 5 heterocycles. The fourth-order valence-electron chi connectivity index (χ4n) is 5.80. The highest BCUT2D eigenvalue weighted by Gasteiger charge is 2.37. The molecule has 0 radical (unpaired) electrons. The van der Waals surface area contributed by atoms with E-state index < -0.39 is 23.8 Å². The molecule has 2 aliphatic heterocycles. The number of nitrogens with zero attached hydrogens (tertiary/aromatic N) is 5. The van der Waals surface area contributed by atoms with Gasteiger partial charge in [-0.05, 0) is 56.9 Å². The third-order valence-electron chi connectivity index (χ3n) is 8.10. The van der Waals surface area contributed by atoms with Crippen LogP contribution < -0.4 is 11.1 Å². The maximum Gasteiger partial charge on any atom is 0.416 e. The van der Waals surface area contributed by atoms with E-state index in [0.717, 1.165) is 49.8 Å². The Kier molecular flexibility index (Phi) is 7.50. The molecular weight excluding hydrogens is 563 g/mol. The number of aromatic nitrogens is 4. The number of imidazole rings is 1. The van der Waals surface area contributed by atoms with Crippen LogP contribution in [0.5, 0.6) is 0 Å². The number of alkyl halides is 3. The third-order valence-corrected chi connectivity index (χ3v) is 8.10. The van der Waals surface area contributed by atoms with Gasteiger partial charge in [-0.3, -0.25) is 14.0 Å². The van der Waals surface area contributed by atoms with Crippen LogP contribution in [-0.2, 0) is 15.7 Å². The maximum absolute atomic E-state index is 13.3. The molecule has 13 heteroatoms. The van der Waals surface area contributed by atoms with E-state index in [1.165, 1.54) is 0 Å². The second-order valence-electron chi connectivity index (χ2n) is 10.9. The summed E-state index contributed by atoms with van der Waals surface area (Å²) in [6, 6.07) is 8.21. The Morgan fingerprint density at radius 3 is 2.58 bits per heavy atom. The summed E-state index contributed by atoms with van der Waals surface area (Å²) in [5, 5.41) is 2.41. The molecule has 43 heavy (non-hydrogen) atoms. The van der Waals surface area contributed by atoms with Gasteiger partial charge in [0, 0.05) is 54.8 Å². The zero-order chi connectivity index (χ0) is 30.3. The Labute approximate surface area is 245 Å². The van der Waals surface area contributed by atoms with E-state index in [1.807, 2.05) is 9.30 Å². The zero-order valence-corrected chi connectivity index (χ0v) is 23.3. The first kappa shape index (κ1) is 28.6. The number of ether oxygens (including phenoxy) is 1. The Morgan fingerprint density at radius 2 is 1.86 bits per heavy atom. The van der Waals surface area contributed by atoms with Gasteiger partial charge in [0.1, 0.15) is 34.8 Å². The molecule has 0 bridgehead atoms. The number of likely N-dealkylation sites (tertiary alicyclic amines) is 1. The van der Waals surface area contributed by atoms with Crippen LogP contribution in [0.25, 0.3) is 16.8 Å². The van der Waals surface area contributed by atoms with Crippen molar-refractivity contribution in [2.45, 2.75) is 56.8 Å². The molecule has 4 aromatic rings. The summed E-state index contributed by atoms with van der Waals surface area (Å²) in [4.78, 5) is 41.0. The highest BCUT2D eigenvalue weighted by molar-refractivity contribution is 6.04. The van der Waals surface area contributed by atoms with E-state index in [2.05, 4.69) is 22.2 Å². The number of pyridine rings is 1. The van der Waals surface area contributed by atoms with Gasteiger partial charge < -0.3 is 20.7 Å². The van der Waals surface area contributed by atoms with Crippen molar-refractivity contribution in [2.24, 2.45) is 0 Å². The van der Waals surface area contributed by atoms with Crippen LogP contribution in [-0.4, -0.2) is 61.4 Å². The van der Waals surface area contributed by atoms with E-state index in [9.17, 15) is 22.8 Å². The summed E-state index contributed by atoms with van der Waals surface area (Å²) in [6.45, 7) is 3.16. The van der Waals surface area contributed by atoms with Crippen LogP contribution >= 0.6 is 0 Å². The van der Waals surface area contributed by atoms with Crippen molar-refractivity contribution in [3.05, 3.63) is 71.9 Å². The Morgan fingerprint density at radius 1 is 1.07 bits per heavy atom. The topological polar surface area (TPSA) is 128 Å². The van der Waals surface area contributed by atoms with Crippen molar-refractivity contribution in [2.75, 3.05) is 24.2 Å². The minimum atomic E-state index is -4.55. The van der Waals surface area contributed by atoms with Crippen molar-refractivity contribution < 1.29 is 27.5 Å². The normalized spacial score (nSPS) is 20.8. The van der Waals surface area contributed by atoms with Gasteiger partial charge in [-0.15, -0.1) is 0 Å². The predicted octanol–water partition coefficient (Wildman–Crippen LogP) is 4.92. The number of nitrogen functional groups attached to an aromatic ring is 1. The molecule has 0 aliphatic carbocycles. The first-order valence-electron chi connectivity index (χ1n) is 14.1. The fraction of sp³-hybridized carbons (Fsp3) is 0.367. The van der Waals surface area contributed by atoms with E-state index in [0.29, 0.717) is 29.9 Å². The number of amides is 2. The quantitative estimate of drug-likeness (QED) is 0.336. The van der Waals surface area contributed by atoms with Crippen molar-refractivity contribution in [3.63, 3.8) is 0 Å². The van der Waals surface area contributed by atoms with Gasteiger partial charge in [0.25, 0.3) is 11.8 Å². The van der Waals surface area contributed by atoms with Gasteiger partial charge in [-0.2, -0.15) is 13.2 Å². The number of benzene rings is 1. The minimum Gasteiger partial charge on any atom is -0.382 e. The number of anilines is 2. The van der Waals surface area contributed by atoms with Crippen molar-refractivity contribution >= 4 is 29.0 Å². The van der Waals surface area contributed by atoms with Crippen LogP contribution in [0, 0.1) is 0 Å². The number of rotatable bonds is 5. The molecule has 3 atom stereocenters. The number of fused-ring (bicyclic) bond motifs is 1. The van der Waals surface area contributed by atoms with E-state index in [-0.39, 0.29) is 35.1 Å². The lowest BCUT2D eigenvalue weighted by atomic mass is 9.92. The summed E-state index contributed by atoms with van der Waals surface area (Å²) < 4.78 is 46.7. The number of nitrogens with one attached hydrogen (secondary N) is 1. The van der Waals surface area contributed by atoms with Gasteiger partial charge in [0.15, 0.2) is 0 Å². The number of carbonyl (C=O) groups excluding carboxylic acids is 2. The highest BCUT2D eigenvalue weighted by Crippen LogP contribution is 2.36. The Hall–Kier alpha value is -4.52. The minimum absolute atomic E-state index is 0.0196. The molecule has 1 unspecified atom stereocenters. The molecule has 0 saturated carbocycles. The van der Waals surface area contributed by atoms with Gasteiger partial charge in [-0.25, -0.2) is 15.0 Å². The standard InChI is InChI=1S/C30H30F3N7O3/c1-17-4-5-20(16-40(17)29(42)22-3-2-14-43-22)27-38-24(25-26(34)36-12-13-39(25)27)18-6-8-19(9-7-18)28(41)37-23-15-21(10-11-35-23)30(31,32)33/h6-13,15,17,20,22H,2-5,14,16H2,1H3,(H2,34,36)(H,35,37,41)/t17-,20-,22?/m1/s1. The lowest BCUT2D eigenvalue weighted by Crippen LogP contribution is -2.49. The number of piperidine rings is 1. The number of nitrogens with two attached hydrogens (primary N) is 1. The van der Waals surface area contributed by atoms with Crippen LogP contribution in [0.1, 0.15) is 60.3 Å². The highest BCUT2D eigenvalue weighted by atomic mass is 19.4. The van der Waals surface area contributed by atoms with E-state index in [4.69, 9.17) is 15.5 Å². The molecule has 10 nitrogen and oxygen atoms in total. The zero-order valence-electron chi connectivity index (χ0n) is 23.3. The molecule has 3 N–H and O–H groups in total. The Balaban J connectivity index is 1.26. The van der Waals surface area contributed by atoms with Crippen molar-refractivity contribution in [1.29, 1.82) is 0 Å². The first-order chi connectivity index (χ1) is 20.6. The summed E-state index contributed by atoms with van der Waals surface area (Å²) in [5.41, 5.74) is 7.49. The van der Waals surface area contributed by atoms with Gasteiger partial charge in [-0.1, -0.05) is 12.1 Å². The van der Waals surface area contributed by atoms with Crippen molar-refractivity contribution in [1.82, 2.24) is 24.3 Å². The largest absolute Gasteiger partial charge is 0.416 e. The summed E-state index contributed by atoms with van der Waals surface area (Å²) in [5.74, 6) is 0.197. The van der Waals surface area contributed by atoms with Gasteiger partial charge in [0.2, 0.25) is 0 Å². The number of hydrogen-bond acceptors (Lipinski definition) is 7. The molecular formula is C30H30F3N7O3. The number of carbonyl (C=O) groups is 2. The SMILES string of the molecule is C[C@@H]1CC[C@@H](c2nc(-c3ccc(C(=O)Nc4cc(C(F)(F)F)ccn4)cc3)c3c(N)nccn23)CN1C(=O)C1CCCO1. The van der Waals surface area contributed by atoms with E-state index in [1.54, 1.807) is 36.7 Å². The van der Waals surface area contributed by atoms with Crippen LogP contribution in [0.4, 0.5) is 24.8 Å². The van der Waals surface area contributed by atoms with E-state index >= 15 is 0 Å². The molecule has 224 valence electrons. The monoisotopic (exact) mass is 593 g/mol. The maximum atomic E-state index is 13.3. The van der Waals surface area contributed by atoms with Crippen LogP contribution in [0.3, 0.4) is 0 Å². The van der Waals surface area contributed by atoms with Crippen molar-refractivity contribution in [3.8, 4) is 11.3 Å². The molecule has 2 fully saturated rings. The lowest BCUT2D eigenvalue weighted by Gasteiger charge is -2.38. The number of hydrogen-bond donors (Lipinski definition) is 2. The Bertz CT molecular complexity index is 1670. The van der Waals surface area contributed by atoms with Gasteiger partial charge in [0.05, 0.1) is 5.56 Å². The number of halogens is 3. The molecule has 3 aromatic heterocycles. The predicted molar refractivity (Wildman–Crippen MR) is 152 cm³/mol. The molecule has 2 amide bonds. The molecule has 2 aliphatic rings. The summed E-state index contributed by atoms with van der Waals surface area (Å²) in [7, 11) is 0. The lowest BCUT2D eigenvalue weighted by molar-refractivity contribution is -0.144. The smallest absolute Gasteiger partial charge is 0.382 e. The second kappa shape index (κ2) is 11.3. The molecule has 1 aromatic carbocycles. The fourth-order valence-corrected chi connectivity index (χ4v) is 5.80. The average Bonchev–Trinajstić information content (AvgIpc) is 3.67. The second-order valence-corrected chi connectivity index (χ2v) is 10.9. The van der Waals surface area contributed by atoms with Crippen LogP contribution in [0.15, 0.2) is 55.0 Å².